The monoisotopic (exact) mass is 476 g/mol. The number of hydrogen-bond donors (Lipinski definition) is 1. The van der Waals surface area contributed by atoms with Gasteiger partial charge in [-0.15, -0.1) is 0 Å². The molecule has 1 N–H and O–H groups in total. The highest BCUT2D eigenvalue weighted by atomic mass is 35.5. The van der Waals surface area contributed by atoms with Crippen LogP contribution in [-0.2, 0) is 10.0 Å². The molecule has 1 heterocycles. The maximum absolute atomic E-state index is 13.1. The smallest absolute Gasteiger partial charge is 0.255 e. The molecule has 0 aromatic heterocycles. The standard InChI is InChI=1S/C19H19Cl3N2O4S/c1-28-17-6-5-12(9-18(17)29(26,27)24-7-3-2-4-8-24)19(25)23-16-11-14(21)13(20)10-15(16)22/h5-6,9-11H,2-4,7-8H2,1H3,(H,23,25). The first-order chi connectivity index (χ1) is 13.7. The van der Waals surface area contributed by atoms with Crippen LogP contribution in [0.2, 0.25) is 15.1 Å². The van der Waals surface area contributed by atoms with Gasteiger partial charge in [0.15, 0.2) is 0 Å². The molecule has 2 aromatic carbocycles. The number of rotatable bonds is 5. The van der Waals surface area contributed by atoms with Gasteiger partial charge in [-0.2, -0.15) is 4.31 Å². The Balaban J connectivity index is 1.94. The van der Waals surface area contributed by atoms with E-state index in [1.807, 2.05) is 0 Å². The van der Waals surface area contributed by atoms with Gasteiger partial charge in [0.05, 0.1) is 27.9 Å². The molecule has 1 saturated heterocycles. The number of benzene rings is 2. The van der Waals surface area contributed by atoms with E-state index < -0.39 is 15.9 Å². The molecule has 0 saturated carbocycles. The van der Waals surface area contributed by atoms with Crippen LogP contribution in [0, 0.1) is 0 Å². The van der Waals surface area contributed by atoms with Gasteiger partial charge in [-0.05, 0) is 43.2 Å². The quantitative estimate of drug-likeness (QED) is 0.609. The lowest BCUT2D eigenvalue weighted by Crippen LogP contribution is -2.35. The number of nitrogens with one attached hydrogen (secondary N) is 1. The van der Waals surface area contributed by atoms with Crippen LogP contribution in [0.25, 0.3) is 0 Å². The van der Waals surface area contributed by atoms with Crippen LogP contribution in [-0.4, -0.2) is 38.8 Å². The van der Waals surface area contributed by atoms with Crippen LogP contribution in [0.3, 0.4) is 0 Å². The Kier molecular flexibility index (Phi) is 6.96. The largest absolute Gasteiger partial charge is 0.495 e. The highest BCUT2D eigenvalue weighted by molar-refractivity contribution is 7.89. The molecule has 1 aliphatic rings. The molecule has 1 fully saturated rings. The van der Waals surface area contributed by atoms with Gasteiger partial charge in [0, 0.05) is 18.7 Å². The van der Waals surface area contributed by atoms with Gasteiger partial charge in [0.25, 0.3) is 5.91 Å². The first-order valence-corrected chi connectivity index (χ1v) is 11.5. The highest BCUT2D eigenvalue weighted by Crippen LogP contribution is 2.33. The fourth-order valence-electron chi connectivity index (χ4n) is 3.08. The van der Waals surface area contributed by atoms with Gasteiger partial charge >= 0.3 is 0 Å². The Hall–Kier alpha value is -1.51. The summed E-state index contributed by atoms with van der Waals surface area (Å²) in [5, 5.41) is 3.33. The Morgan fingerprint density at radius 1 is 1.00 bits per heavy atom. The number of carbonyl (C=O) groups is 1. The number of hydrogen-bond acceptors (Lipinski definition) is 4. The van der Waals surface area contributed by atoms with E-state index in [0.29, 0.717) is 13.1 Å². The highest BCUT2D eigenvalue weighted by Gasteiger charge is 2.29. The summed E-state index contributed by atoms with van der Waals surface area (Å²) in [4.78, 5) is 12.7. The third-order valence-electron chi connectivity index (χ3n) is 4.62. The zero-order chi connectivity index (χ0) is 21.2. The van der Waals surface area contributed by atoms with Crippen molar-refractivity contribution in [3.05, 3.63) is 51.0 Å². The van der Waals surface area contributed by atoms with Gasteiger partial charge in [0.2, 0.25) is 10.0 Å². The van der Waals surface area contributed by atoms with E-state index in [1.165, 1.54) is 41.7 Å². The van der Waals surface area contributed by atoms with Crippen molar-refractivity contribution < 1.29 is 17.9 Å². The molecule has 3 rings (SSSR count). The average Bonchev–Trinajstić information content (AvgIpc) is 2.72. The van der Waals surface area contributed by atoms with E-state index in [-0.39, 0.29) is 37.0 Å². The lowest BCUT2D eigenvalue weighted by Gasteiger charge is -2.26. The first kappa shape index (κ1) is 22.2. The van der Waals surface area contributed by atoms with E-state index in [0.717, 1.165) is 19.3 Å². The zero-order valence-electron chi connectivity index (χ0n) is 15.5. The number of carbonyl (C=O) groups excluding carboxylic acids is 1. The van der Waals surface area contributed by atoms with E-state index in [9.17, 15) is 13.2 Å². The maximum Gasteiger partial charge on any atom is 0.255 e. The topological polar surface area (TPSA) is 75.7 Å². The van der Waals surface area contributed by atoms with Gasteiger partial charge in [-0.1, -0.05) is 41.2 Å². The maximum atomic E-state index is 13.1. The van der Waals surface area contributed by atoms with Crippen molar-refractivity contribution in [1.29, 1.82) is 0 Å². The molecule has 29 heavy (non-hydrogen) atoms. The minimum atomic E-state index is -3.79. The van der Waals surface area contributed by atoms with Crippen LogP contribution in [0.1, 0.15) is 29.6 Å². The Morgan fingerprint density at radius 3 is 2.31 bits per heavy atom. The molecular formula is C19H19Cl3N2O4S. The van der Waals surface area contributed by atoms with Crippen molar-refractivity contribution in [1.82, 2.24) is 4.31 Å². The number of methoxy groups -OCH3 is 1. The Labute approximate surface area is 184 Å². The Morgan fingerprint density at radius 2 is 1.66 bits per heavy atom. The van der Waals surface area contributed by atoms with E-state index >= 15 is 0 Å². The average molecular weight is 478 g/mol. The van der Waals surface area contributed by atoms with Gasteiger partial charge in [0.1, 0.15) is 10.6 Å². The molecule has 1 amide bonds. The number of halogens is 3. The molecule has 0 spiro atoms. The SMILES string of the molecule is COc1ccc(C(=O)Nc2cc(Cl)c(Cl)cc2Cl)cc1S(=O)(=O)N1CCCCC1. The molecule has 0 unspecified atom stereocenters. The molecule has 6 nitrogen and oxygen atoms in total. The van der Waals surface area contributed by atoms with Crippen molar-refractivity contribution >= 4 is 56.4 Å². The summed E-state index contributed by atoms with van der Waals surface area (Å²) in [6, 6.07) is 7.10. The molecule has 0 radical (unpaired) electrons. The van der Waals surface area contributed by atoms with Crippen molar-refractivity contribution in [2.75, 3.05) is 25.5 Å². The van der Waals surface area contributed by atoms with Crippen LogP contribution in [0.5, 0.6) is 5.75 Å². The molecule has 2 aromatic rings. The van der Waals surface area contributed by atoms with Crippen LogP contribution in [0.15, 0.2) is 35.2 Å². The number of ether oxygens (including phenoxy) is 1. The predicted molar refractivity (Wildman–Crippen MR) is 115 cm³/mol. The number of sulfonamides is 1. The summed E-state index contributed by atoms with van der Waals surface area (Å²) >= 11 is 18.0. The van der Waals surface area contributed by atoms with E-state index in [1.54, 1.807) is 0 Å². The molecule has 1 aliphatic heterocycles. The van der Waals surface area contributed by atoms with Crippen LogP contribution < -0.4 is 10.1 Å². The zero-order valence-corrected chi connectivity index (χ0v) is 18.6. The minimum Gasteiger partial charge on any atom is -0.495 e. The number of nitrogens with zero attached hydrogens (tertiary/aromatic N) is 1. The lowest BCUT2D eigenvalue weighted by atomic mass is 10.2. The molecule has 10 heteroatoms. The third kappa shape index (κ3) is 4.81. The first-order valence-electron chi connectivity index (χ1n) is 8.88. The summed E-state index contributed by atoms with van der Waals surface area (Å²) in [5.74, 6) is -0.359. The fraction of sp³-hybridized carbons (Fsp3) is 0.316. The number of amides is 1. The number of anilines is 1. The van der Waals surface area contributed by atoms with Crippen molar-refractivity contribution in [2.45, 2.75) is 24.2 Å². The van der Waals surface area contributed by atoms with Crippen molar-refractivity contribution in [3.63, 3.8) is 0 Å². The second-order valence-electron chi connectivity index (χ2n) is 6.53. The summed E-state index contributed by atoms with van der Waals surface area (Å²) in [6.07, 6.45) is 2.60. The second-order valence-corrected chi connectivity index (χ2v) is 9.66. The predicted octanol–water partition coefficient (Wildman–Crippen LogP) is 5.08. The summed E-state index contributed by atoms with van der Waals surface area (Å²) in [7, 11) is -2.40. The third-order valence-corrected chi connectivity index (χ3v) is 7.57. The van der Waals surface area contributed by atoms with Gasteiger partial charge in [-0.25, -0.2) is 8.42 Å². The summed E-state index contributed by atoms with van der Waals surface area (Å²) in [6.45, 7) is 0.890. The molecular weight excluding hydrogens is 459 g/mol. The lowest BCUT2D eigenvalue weighted by molar-refractivity contribution is 0.102. The molecule has 156 valence electrons. The normalized spacial score (nSPS) is 15.2. The number of piperidine rings is 1. The van der Waals surface area contributed by atoms with E-state index in [4.69, 9.17) is 39.5 Å². The van der Waals surface area contributed by atoms with Gasteiger partial charge < -0.3 is 10.1 Å². The van der Waals surface area contributed by atoms with Gasteiger partial charge in [-0.3, -0.25) is 4.79 Å². The van der Waals surface area contributed by atoms with E-state index in [2.05, 4.69) is 5.32 Å². The fourth-order valence-corrected chi connectivity index (χ4v) is 5.37. The van der Waals surface area contributed by atoms with Crippen LogP contribution in [0.4, 0.5) is 5.69 Å². The summed E-state index contributed by atoms with van der Waals surface area (Å²) < 4.78 is 32.8. The summed E-state index contributed by atoms with van der Waals surface area (Å²) in [5.41, 5.74) is 0.408. The second kappa shape index (κ2) is 9.10. The van der Waals surface area contributed by atoms with Crippen molar-refractivity contribution in [3.8, 4) is 5.75 Å². The minimum absolute atomic E-state index is 0.0465. The molecule has 0 atom stereocenters. The van der Waals surface area contributed by atoms with Crippen LogP contribution >= 0.6 is 34.8 Å². The molecule has 0 bridgehead atoms. The molecule has 0 aliphatic carbocycles. The Bertz CT molecular complexity index is 1040. The van der Waals surface area contributed by atoms with Crippen molar-refractivity contribution in [2.24, 2.45) is 0 Å².